The topological polar surface area (TPSA) is 68.2 Å². The van der Waals surface area contributed by atoms with Crippen molar-refractivity contribution in [2.75, 3.05) is 6.54 Å². The predicted molar refractivity (Wildman–Crippen MR) is 105 cm³/mol. The lowest BCUT2D eigenvalue weighted by Gasteiger charge is -2.01. The molecule has 1 aromatic rings. The molecule has 5 heteroatoms. The summed E-state index contributed by atoms with van der Waals surface area (Å²) in [6.45, 7) is 2.98. The average Bonchev–Trinajstić information content (AvgIpc) is 2.84. The normalized spacial score (nSPS) is 11.6. The summed E-state index contributed by atoms with van der Waals surface area (Å²) in [5.41, 5.74) is 5.44. The number of aromatic hydroxyl groups is 1. The van der Waals surface area contributed by atoms with Crippen LogP contribution in [0.5, 0.6) is 5.88 Å². The number of allylic oxidation sites excluding steroid dienone is 1. The van der Waals surface area contributed by atoms with Gasteiger partial charge in [0.25, 0.3) is 0 Å². The van der Waals surface area contributed by atoms with Gasteiger partial charge in [-0.15, -0.1) is 0 Å². The largest absolute Gasteiger partial charge is 0.493 e. The van der Waals surface area contributed by atoms with Crippen molar-refractivity contribution in [3.05, 3.63) is 20.6 Å². The number of nitrogens with zero attached hydrogens (tertiary/aromatic N) is 1. The second-order valence-electron chi connectivity index (χ2n) is 6.37. The predicted octanol–water partition coefficient (Wildman–Crippen LogP) is 4.90. The van der Waals surface area contributed by atoms with Crippen molar-refractivity contribution < 1.29 is 5.11 Å². The van der Waals surface area contributed by atoms with E-state index in [0.717, 1.165) is 17.8 Å². The zero-order valence-electron chi connectivity index (χ0n) is 15.1. The lowest BCUT2D eigenvalue weighted by molar-refractivity contribution is 0.414. The SMILES string of the molecule is CCCCCCCCCCCC/C=C/c1sc(=O)n(CCN)c1O. The summed E-state index contributed by atoms with van der Waals surface area (Å²) in [6.07, 6.45) is 18.3. The molecule has 138 valence electrons. The minimum atomic E-state index is -0.142. The number of hydrogen-bond donors (Lipinski definition) is 2. The summed E-state index contributed by atoms with van der Waals surface area (Å²) >= 11 is 1.08. The first kappa shape index (κ1) is 21.0. The molecular weight excluding hydrogens is 320 g/mol. The first-order valence-corrected chi connectivity index (χ1v) is 10.3. The lowest BCUT2D eigenvalue weighted by Crippen LogP contribution is -2.18. The van der Waals surface area contributed by atoms with E-state index in [1.807, 2.05) is 6.08 Å². The van der Waals surface area contributed by atoms with Crippen molar-refractivity contribution in [3.8, 4) is 5.88 Å². The Bertz CT molecular complexity index is 520. The minimum absolute atomic E-state index is 0.0507. The maximum Gasteiger partial charge on any atom is 0.310 e. The Morgan fingerprint density at radius 2 is 1.62 bits per heavy atom. The standard InChI is InChI=1S/C19H34N2O2S/c1-2-3-4-5-6-7-8-9-10-11-12-13-14-17-18(22)21(16-15-20)19(23)24-17/h13-14,22H,2-12,15-16,20H2,1H3/b14-13+. The van der Waals surface area contributed by atoms with Crippen LogP contribution in [0.15, 0.2) is 10.9 Å². The van der Waals surface area contributed by atoms with E-state index in [4.69, 9.17) is 5.73 Å². The van der Waals surface area contributed by atoms with Crippen molar-refractivity contribution in [1.29, 1.82) is 0 Å². The summed E-state index contributed by atoms with van der Waals surface area (Å²) in [5.74, 6) is 0.0507. The van der Waals surface area contributed by atoms with Gasteiger partial charge in [0, 0.05) is 13.1 Å². The molecule has 0 aliphatic carbocycles. The van der Waals surface area contributed by atoms with E-state index < -0.39 is 0 Å². The highest BCUT2D eigenvalue weighted by molar-refractivity contribution is 7.10. The molecule has 0 fully saturated rings. The quantitative estimate of drug-likeness (QED) is 0.467. The Balaban J connectivity index is 2.10. The van der Waals surface area contributed by atoms with Gasteiger partial charge in [0.15, 0.2) is 0 Å². The Morgan fingerprint density at radius 3 is 2.21 bits per heavy atom. The third kappa shape index (κ3) is 8.15. The third-order valence-electron chi connectivity index (χ3n) is 4.24. The van der Waals surface area contributed by atoms with Gasteiger partial charge in [-0.3, -0.25) is 9.36 Å². The molecule has 24 heavy (non-hydrogen) atoms. The Morgan fingerprint density at radius 1 is 1.04 bits per heavy atom. The van der Waals surface area contributed by atoms with Crippen LogP contribution < -0.4 is 10.6 Å². The van der Waals surface area contributed by atoms with Crippen LogP contribution in [0.2, 0.25) is 0 Å². The summed E-state index contributed by atoms with van der Waals surface area (Å²) < 4.78 is 1.34. The summed E-state index contributed by atoms with van der Waals surface area (Å²) in [5, 5.41) is 9.98. The fraction of sp³-hybridized carbons (Fsp3) is 0.737. The number of aromatic nitrogens is 1. The monoisotopic (exact) mass is 354 g/mol. The van der Waals surface area contributed by atoms with E-state index in [1.165, 1.54) is 68.8 Å². The summed E-state index contributed by atoms with van der Waals surface area (Å²) in [6, 6.07) is 0. The van der Waals surface area contributed by atoms with Crippen molar-refractivity contribution in [1.82, 2.24) is 4.57 Å². The number of hydrogen-bond acceptors (Lipinski definition) is 4. The van der Waals surface area contributed by atoms with E-state index in [0.29, 0.717) is 18.0 Å². The molecule has 0 atom stereocenters. The van der Waals surface area contributed by atoms with E-state index in [-0.39, 0.29) is 10.8 Å². The molecule has 3 N–H and O–H groups in total. The third-order valence-corrected chi connectivity index (χ3v) is 5.17. The summed E-state index contributed by atoms with van der Waals surface area (Å²) in [7, 11) is 0. The van der Waals surface area contributed by atoms with Gasteiger partial charge in [0.1, 0.15) is 0 Å². The Kier molecular flexibility index (Phi) is 11.6. The van der Waals surface area contributed by atoms with Gasteiger partial charge >= 0.3 is 4.87 Å². The van der Waals surface area contributed by atoms with Gasteiger partial charge in [0.2, 0.25) is 5.88 Å². The van der Waals surface area contributed by atoms with Crippen LogP contribution in [-0.4, -0.2) is 16.2 Å². The fourth-order valence-corrected chi connectivity index (χ4v) is 3.63. The minimum Gasteiger partial charge on any atom is -0.493 e. The van der Waals surface area contributed by atoms with Gasteiger partial charge in [-0.25, -0.2) is 0 Å². The molecule has 0 aromatic carbocycles. The fourth-order valence-electron chi connectivity index (χ4n) is 2.79. The van der Waals surface area contributed by atoms with Crippen LogP contribution in [0, 0.1) is 0 Å². The van der Waals surface area contributed by atoms with E-state index in [9.17, 15) is 9.90 Å². The van der Waals surface area contributed by atoms with Gasteiger partial charge in [0.05, 0.1) is 4.88 Å². The summed E-state index contributed by atoms with van der Waals surface area (Å²) in [4.78, 5) is 12.2. The van der Waals surface area contributed by atoms with Gasteiger partial charge in [-0.1, -0.05) is 82.1 Å². The molecule has 4 nitrogen and oxygen atoms in total. The first-order valence-electron chi connectivity index (χ1n) is 9.50. The smallest absolute Gasteiger partial charge is 0.310 e. The van der Waals surface area contributed by atoms with Crippen LogP contribution in [0.4, 0.5) is 0 Å². The molecule has 0 aliphatic rings. The molecule has 0 unspecified atom stereocenters. The van der Waals surface area contributed by atoms with Crippen LogP contribution >= 0.6 is 11.3 Å². The number of thiazole rings is 1. The van der Waals surface area contributed by atoms with Crippen LogP contribution in [0.3, 0.4) is 0 Å². The van der Waals surface area contributed by atoms with Crippen LogP contribution in [-0.2, 0) is 6.54 Å². The molecular formula is C19H34N2O2S. The highest BCUT2D eigenvalue weighted by Crippen LogP contribution is 2.21. The van der Waals surface area contributed by atoms with E-state index in [1.54, 1.807) is 0 Å². The Labute approximate surface area is 150 Å². The van der Waals surface area contributed by atoms with Crippen molar-refractivity contribution >= 4 is 17.4 Å². The van der Waals surface area contributed by atoms with Gasteiger partial charge in [-0.05, 0) is 18.9 Å². The zero-order chi connectivity index (χ0) is 17.6. The highest BCUT2D eigenvalue weighted by Gasteiger charge is 2.10. The molecule has 1 aromatic heterocycles. The maximum absolute atomic E-state index is 11.7. The highest BCUT2D eigenvalue weighted by atomic mass is 32.1. The molecule has 0 amide bonds. The first-order chi connectivity index (χ1) is 11.7. The van der Waals surface area contributed by atoms with Crippen LogP contribution in [0.25, 0.3) is 6.08 Å². The molecule has 0 radical (unpaired) electrons. The van der Waals surface area contributed by atoms with E-state index >= 15 is 0 Å². The molecule has 0 bridgehead atoms. The van der Waals surface area contributed by atoms with Gasteiger partial charge in [-0.2, -0.15) is 0 Å². The number of nitrogens with two attached hydrogens (primary N) is 1. The number of rotatable bonds is 14. The second kappa shape index (κ2) is 13.2. The number of unbranched alkanes of at least 4 members (excludes halogenated alkanes) is 10. The molecule has 1 rings (SSSR count). The van der Waals surface area contributed by atoms with Crippen molar-refractivity contribution in [2.24, 2.45) is 5.73 Å². The van der Waals surface area contributed by atoms with Crippen molar-refractivity contribution in [3.63, 3.8) is 0 Å². The van der Waals surface area contributed by atoms with E-state index in [2.05, 4.69) is 13.0 Å². The molecule has 0 saturated carbocycles. The molecule has 0 saturated heterocycles. The second-order valence-corrected chi connectivity index (χ2v) is 7.36. The molecule has 0 spiro atoms. The van der Waals surface area contributed by atoms with Crippen molar-refractivity contribution in [2.45, 2.75) is 84.1 Å². The average molecular weight is 355 g/mol. The van der Waals surface area contributed by atoms with Crippen LogP contribution in [0.1, 0.15) is 82.4 Å². The zero-order valence-corrected chi connectivity index (χ0v) is 16.0. The Hall–Kier alpha value is -1.07. The maximum atomic E-state index is 11.7. The molecule has 0 aliphatic heterocycles. The molecule has 1 heterocycles. The lowest BCUT2D eigenvalue weighted by atomic mass is 10.1. The van der Waals surface area contributed by atoms with Gasteiger partial charge < -0.3 is 10.8 Å².